The van der Waals surface area contributed by atoms with E-state index in [2.05, 4.69) is 15.0 Å². The number of hydrogen-bond donors (Lipinski definition) is 2. The summed E-state index contributed by atoms with van der Waals surface area (Å²) in [5, 5.41) is 22.4. The van der Waals surface area contributed by atoms with Gasteiger partial charge in [0.1, 0.15) is 28.6 Å². The number of halogens is 2. The standard InChI is InChI=1S/C26H26F2N4O3/c1-4-16-19(27)7-6-14-10-15(33)11-17(20(14)16)22-21(28)23-18(12-29-22)24(31-25(30-23)35-3)32-9-5-8-26(2,34)13-32/h6-7,10-12,33-34H,4-5,8-9,13H2,1-3H3/t26-/m1/s1. The summed E-state index contributed by atoms with van der Waals surface area (Å²) in [5.74, 6) is -0.798. The molecule has 182 valence electrons. The molecule has 1 fully saturated rings. The van der Waals surface area contributed by atoms with Crippen LogP contribution in [0, 0.1) is 11.6 Å². The van der Waals surface area contributed by atoms with E-state index in [-0.39, 0.29) is 28.5 Å². The first kappa shape index (κ1) is 23.2. The van der Waals surface area contributed by atoms with E-state index in [0.29, 0.717) is 53.5 Å². The Morgan fingerprint density at radius 2 is 2.00 bits per heavy atom. The maximum Gasteiger partial charge on any atom is 0.318 e. The molecule has 2 aromatic carbocycles. The number of benzene rings is 2. The molecule has 35 heavy (non-hydrogen) atoms. The number of methoxy groups -OCH3 is 1. The average molecular weight is 481 g/mol. The first-order chi connectivity index (χ1) is 16.7. The molecule has 0 bridgehead atoms. The molecule has 0 spiro atoms. The summed E-state index contributed by atoms with van der Waals surface area (Å²) in [6, 6.07) is 5.78. The van der Waals surface area contributed by atoms with Gasteiger partial charge in [-0.3, -0.25) is 4.98 Å². The van der Waals surface area contributed by atoms with Gasteiger partial charge in [0.05, 0.1) is 18.1 Å². The lowest BCUT2D eigenvalue weighted by atomic mass is 9.94. The molecule has 0 amide bonds. The number of aryl methyl sites for hydroxylation is 1. The summed E-state index contributed by atoms with van der Waals surface area (Å²) >= 11 is 0. The number of nitrogens with zero attached hydrogens (tertiary/aromatic N) is 4. The van der Waals surface area contributed by atoms with Gasteiger partial charge in [0.15, 0.2) is 5.82 Å². The summed E-state index contributed by atoms with van der Waals surface area (Å²) in [7, 11) is 1.40. The van der Waals surface area contributed by atoms with E-state index < -0.39 is 17.2 Å². The molecule has 0 radical (unpaired) electrons. The zero-order chi connectivity index (χ0) is 24.9. The van der Waals surface area contributed by atoms with Crippen molar-refractivity contribution in [2.45, 2.75) is 38.7 Å². The second kappa shape index (κ2) is 8.57. The van der Waals surface area contributed by atoms with E-state index in [4.69, 9.17) is 4.74 Å². The van der Waals surface area contributed by atoms with Crippen LogP contribution in [0.4, 0.5) is 14.6 Å². The molecule has 7 nitrogen and oxygen atoms in total. The number of fused-ring (bicyclic) bond motifs is 2. The molecule has 1 aliphatic heterocycles. The van der Waals surface area contributed by atoms with Crippen LogP contribution in [0.5, 0.6) is 11.8 Å². The van der Waals surface area contributed by atoms with Gasteiger partial charge >= 0.3 is 6.01 Å². The Balaban J connectivity index is 1.77. The van der Waals surface area contributed by atoms with Crippen LogP contribution >= 0.6 is 0 Å². The van der Waals surface area contributed by atoms with Gasteiger partial charge in [0.25, 0.3) is 0 Å². The number of aromatic hydroxyl groups is 1. The highest BCUT2D eigenvalue weighted by Gasteiger charge is 2.31. The molecule has 4 aromatic rings. The van der Waals surface area contributed by atoms with Crippen LogP contribution in [-0.4, -0.2) is 51.0 Å². The van der Waals surface area contributed by atoms with Gasteiger partial charge < -0.3 is 19.8 Å². The molecule has 2 aromatic heterocycles. The normalized spacial score (nSPS) is 18.4. The third kappa shape index (κ3) is 3.99. The van der Waals surface area contributed by atoms with Crippen molar-refractivity contribution in [3.63, 3.8) is 0 Å². The Morgan fingerprint density at radius 1 is 1.20 bits per heavy atom. The highest BCUT2D eigenvalue weighted by molar-refractivity contribution is 6.01. The molecule has 0 unspecified atom stereocenters. The monoisotopic (exact) mass is 480 g/mol. The van der Waals surface area contributed by atoms with Gasteiger partial charge in [0, 0.05) is 24.8 Å². The number of anilines is 1. The molecule has 2 N–H and O–H groups in total. The van der Waals surface area contributed by atoms with E-state index >= 15 is 4.39 Å². The van der Waals surface area contributed by atoms with E-state index in [1.54, 1.807) is 13.0 Å². The number of rotatable bonds is 4. The van der Waals surface area contributed by atoms with Crippen molar-refractivity contribution in [2.24, 2.45) is 0 Å². The molecule has 1 saturated heterocycles. The number of piperidine rings is 1. The van der Waals surface area contributed by atoms with Crippen molar-refractivity contribution in [3.8, 4) is 23.0 Å². The smallest absolute Gasteiger partial charge is 0.318 e. The number of aliphatic hydroxyl groups is 1. The number of aromatic nitrogens is 3. The molecule has 3 heterocycles. The molecule has 0 saturated carbocycles. The quantitative estimate of drug-likeness (QED) is 0.436. The minimum atomic E-state index is -0.907. The van der Waals surface area contributed by atoms with Crippen molar-refractivity contribution in [2.75, 3.05) is 25.1 Å². The fraction of sp³-hybridized carbons (Fsp3) is 0.346. The topological polar surface area (TPSA) is 91.6 Å². The van der Waals surface area contributed by atoms with Crippen LogP contribution < -0.4 is 9.64 Å². The molecular weight excluding hydrogens is 454 g/mol. The Hall–Kier alpha value is -3.59. The summed E-state index contributed by atoms with van der Waals surface area (Å²) in [6.07, 6.45) is 3.26. The van der Waals surface area contributed by atoms with Gasteiger partial charge in [-0.05, 0) is 60.7 Å². The molecule has 5 rings (SSSR count). The van der Waals surface area contributed by atoms with Crippen LogP contribution in [0.2, 0.25) is 0 Å². The van der Waals surface area contributed by atoms with Crippen molar-refractivity contribution in [1.82, 2.24) is 15.0 Å². The number of β-amino-alcohol motifs (C(OH)–C–C–N with tert-alkyl or cyclic N) is 1. The van der Waals surface area contributed by atoms with Crippen LogP contribution in [-0.2, 0) is 6.42 Å². The maximum atomic E-state index is 16.1. The van der Waals surface area contributed by atoms with Gasteiger partial charge in [-0.15, -0.1) is 0 Å². The van der Waals surface area contributed by atoms with Crippen molar-refractivity contribution < 1.29 is 23.7 Å². The third-order valence-electron chi connectivity index (χ3n) is 6.56. The van der Waals surface area contributed by atoms with Crippen molar-refractivity contribution >= 4 is 27.5 Å². The van der Waals surface area contributed by atoms with Gasteiger partial charge in [-0.25, -0.2) is 8.78 Å². The average Bonchev–Trinajstić information content (AvgIpc) is 2.83. The molecule has 0 aliphatic carbocycles. The van der Waals surface area contributed by atoms with Crippen molar-refractivity contribution in [1.29, 1.82) is 0 Å². The summed E-state index contributed by atoms with van der Waals surface area (Å²) in [5.41, 5.74) is -0.286. The van der Waals surface area contributed by atoms with E-state index in [9.17, 15) is 14.6 Å². The Labute approximate surface area is 201 Å². The molecule has 1 aliphatic rings. The van der Waals surface area contributed by atoms with Crippen molar-refractivity contribution in [3.05, 3.63) is 47.7 Å². The second-order valence-electron chi connectivity index (χ2n) is 9.21. The first-order valence-electron chi connectivity index (χ1n) is 11.5. The second-order valence-corrected chi connectivity index (χ2v) is 9.21. The third-order valence-corrected chi connectivity index (χ3v) is 6.56. The highest BCUT2D eigenvalue weighted by atomic mass is 19.1. The number of phenolic OH excluding ortho intramolecular Hbond substituents is 1. The lowest BCUT2D eigenvalue weighted by Crippen LogP contribution is -2.46. The number of phenols is 1. The zero-order valence-electron chi connectivity index (χ0n) is 19.8. The van der Waals surface area contributed by atoms with Crippen LogP contribution in [0.15, 0.2) is 30.5 Å². The highest BCUT2D eigenvalue weighted by Crippen LogP contribution is 2.39. The zero-order valence-corrected chi connectivity index (χ0v) is 19.8. The van der Waals surface area contributed by atoms with Gasteiger partial charge in [-0.2, -0.15) is 9.97 Å². The minimum Gasteiger partial charge on any atom is -0.508 e. The number of hydrogen-bond acceptors (Lipinski definition) is 7. The Kier molecular flexibility index (Phi) is 5.67. The Bertz CT molecular complexity index is 1460. The predicted molar refractivity (Wildman–Crippen MR) is 130 cm³/mol. The van der Waals surface area contributed by atoms with Gasteiger partial charge in [-0.1, -0.05) is 13.0 Å². The largest absolute Gasteiger partial charge is 0.508 e. The summed E-state index contributed by atoms with van der Waals surface area (Å²) < 4.78 is 36.0. The molecule has 9 heteroatoms. The first-order valence-corrected chi connectivity index (χ1v) is 11.5. The van der Waals surface area contributed by atoms with Crippen LogP contribution in [0.25, 0.3) is 32.9 Å². The van der Waals surface area contributed by atoms with E-state index in [1.807, 2.05) is 11.8 Å². The van der Waals surface area contributed by atoms with Crippen LogP contribution in [0.1, 0.15) is 32.3 Å². The lowest BCUT2D eigenvalue weighted by molar-refractivity contribution is 0.0447. The molecular formula is C26H26F2N4O3. The SMILES string of the molecule is CCc1c(F)ccc2cc(O)cc(-c3ncc4c(N5CCC[C@@](C)(O)C5)nc(OC)nc4c3F)c12. The number of pyridine rings is 1. The van der Waals surface area contributed by atoms with E-state index in [1.165, 1.54) is 31.5 Å². The van der Waals surface area contributed by atoms with Gasteiger partial charge in [0.2, 0.25) is 0 Å². The predicted octanol–water partition coefficient (Wildman–Crippen LogP) is 4.75. The fourth-order valence-corrected chi connectivity index (χ4v) is 4.97. The number of ether oxygens (including phenoxy) is 1. The lowest BCUT2D eigenvalue weighted by Gasteiger charge is -2.37. The van der Waals surface area contributed by atoms with E-state index in [0.717, 1.165) is 6.42 Å². The molecule has 1 atom stereocenters. The van der Waals surface area contributed by atoms with Crippen LogP contribution in [0.3, 0.4) is 0 Å². The summed E-state index contributed by atoms with van der Waals surface area (Å²) in [6.45, 7) is 4.53. The maximum absolute atomic E-state index is 16.1. The summed E-state index contributed by atoms with van der Waals surface area (Å²) in [4.78, 5) is 15.0. The Morgan fingerprint density at radius 3 is 2.71 bits per heavy atom. The minimum absolute atomic E-state index is 0.00647. The fourth-order valence-electron chi connectivity index (χ4n) is 4.97.